The van der Waals surface area contributed by atoms with Crippen molar-refractivity contribution < 1.29 is 4.79 Å². The molecular formula is C14H15NOS. The van der Waals surface area contributed by atoms with Crippen LogP contribution < -0.4 is 5.32 Å². The zero-order valence-corrected chi connectivity index (χ0v) is 10.8. The molecule has 1 aromatic heterocycles. The van der Waals surface area contributed by atoms with E-state index in [9.17, 15) is 4.79 Å². The molecule has 0 aliphatic carbocycles. The van der Waals surface area contributed by atoms with Crippen LogP contribution in [0, 0.1) is 0 Å². The maximum atomic E-state index is 11.6. The van der Waals surface area contributed by atoms with Crippen LogP contribution in [0.1, 0.15) is 23.5 Å². The first kappa shape index (κ1) is 11.9. The highest BCUT2D eigenvalue weighted by Crippen LogP contribution is 2.34. The number of hydrogen-bond acceptors (Lipinski definition) is 3. The van der Waals surface area contributed by atoms with Crippen molar-refractivity contribution in [2.24, 2.45) is 0 Å². The summed E-state index contributed by atoms with van der Waals surface area (Å²) >= 11 is 1.55. The first-order valence-corrected chi connectivity index (χ1v) is 6.48. The summed E-state index contributed by atoms with van der Waals surface area (Å²) in [5.41, 5.74) is 2.10. The SMILES string of the molecule is CCNc1cc(-c2ccccc2)sc1C(C)=O. The number of thiophene rings is 1. The van der Waals surface area contributed by atoms with Gasteiger partial charge in [-0.1, -0.05) is 30.3 Å². The number of Topliss-reactive ketones (excluding diaryl/α,β-unsaturated/α-hetero) is 1. The van der Waals surface area contributed by atoms with E-state index < -0.39 is 0 Å². The molecule has 0 fully saturated rings. The second-order valence-electron chi connectivity index (χ2n) is 3.81. The van der Waals surface area contributed by atoms with Gasteiger partial charge < -0.3 is 5.32 Å². The lowest BCUT2D eigenvalue weighted by Crippen LogP contribution is -1.99. The van der Waals surface area contributed by atoms with Gasteiger partial charge in [0.2, 0.25) is 0 Å². The van der Waals surface area contributed by atoms with E-state index >= 15 is 0 Å². The third-order valence-corrected chi connectivity index (χ3v) is 3.76. The average molecular weight is 245 g/mol. The van der Waals surface area contributed by atoms with Gasteiger partial charge in [0.25, 0.3) is 0 Å². The van der Waals surface area contributed by atoms with Crippen LogP contribution >= 0.6 is 11.3 Å². The molecule has 0 unspecified atom stereocenters. The maximum absolute atomic E-state index is 11.6. The Balaban J connectivity index is 2.44. The summed E-state index contributed by atoms with van der Waals surface area (Å²) in [6.07, 6.45) is 0. The Bertz CT molecular complexity index is 516. The van der Waals surface area contributed by atoms with E-state index in [2.05, 4.69) is 23.5 Å². The predicted octanol–water partition coefficient (Wildman–Crippen LogP) is 4.05. The standard InChI is InChI=1S/C14H15NOS/c1-3-15-12-9-13(17-14(12)10(2)16)11-7-5-4-6-8-11/h4-9,15H,3H2,1-2H3. The van der Waals surface area contributed by atoms with Gasteiger partial charge in [-0.25, -0.2) is 0 Å². The van der Waals surface area contributed by atoms with Gasteiger partial charge in [0.05, 0.1) is 10.6 Å². The van der Waals surface area contributed by atoms with E-state index in [0.29, 0.717) is 0 Å². The normalized spacial score (nSPS) is 10.2. The van der Waals surface area contributed by atoms with Gasteiger partial charge >= 0.3 is 0 Å². The highest BCUT2D eigenvalue weighted by molar-refractivity contribution is 7.18. The molecule has 88 valence electrons. The van der Waals surface area contributed by atoms with Crippen LogP contribution in [-0.4, -0.2) is 12.3 Å². The summed E-state index contributed by atoms with van der Waals surface area (Å²) in [5, 5.41) is 3.24. The van der Waals surface area contributed by atoms with E-state index in [1.807, 2.05) is 25.1 Å². The monoisotopic (exact) mass is 245 g/mol. The van der Waals surface area contributed by atoms with Crippen molar-refractivity contribution in [2.75, 3.05) is 11.9 Å². The number of ketones is 1. The smallest absolute Gasteiger partial charge is 0.171 e. The zero-order valence-electron chi connectivity index (χ0n) is 9.99. The number of hydrogen-bond donors (Lipinski definition) is 1. The molecule has 0 amide bonds. The van der Waals surface area contributed by atoms with Gasteiger partial charge in [-0.15, -0.1) is 11.3 Å². The van der Waals surface area contributed by atoms with Crippen LogP contribution in [0.4, 0.5) is 5.69 Å². The Morgan fingerprint density at radius 1 is 1.29 bits per heavy atom. The Hall–Kier alpha value is -1.61. The molecule has 2 rings (SSSR count). The van der Waals surface area contributed by atoms with E-state index in [4.69, 9.17) is 0 Å². The van der Waals surface area contributed by atoms with Gasteiger partial charge in [-0.3, -0.25) is 4.79 Å². The molecule has 0 aliphatic rings. The van der Waals surface area contributed by atoms with E-state index in [0.717, 1.165) is 27.5 Å². The largest absolute Gasteiger partial charge is 0.384 e. The molecule has 2 aromatic rings. The zero-order chi connectivity index (χ0) is 12.3. The number of anilines is 1. The molecule has 1 N–H and O–H groups in total. The Morgan fingerprint density at radius 2 is 2.00 bits per heavy atom. The van der Waals surface area contributed by atoms with Gasteiger partial charge in [-0.2, -0.15) is 0 Å². The maximum Gasteiger partial charge on any atom is 0.171 e. The lowest BCUT2D eigenvalue weighted by molar-refractivity contribution is 0.102. The van der Waals surface area contributed by atoms with Crippen molar-refractivity contribution in [1.29, 1.82) is 0 Å². The fraction of sp³-hybridized carbons (Fsp3) is 0.214. The number of carbonyl (C=O) groups is 1. The van der Waals surface area contributed by atoms with Crippen molar-refractivity contribution in [1.82, 2.24) is 0 Å². The fourth-order valence-corrected chi connectivity index (χ4v) is 2.75. The quantitative estimate of drug-likeness (QED) is 0.823. The molecule has 0 aliphatic heterocycles. The highest BCUT2D eigenvalue weighted by Gasteiger charge is 2.13. The van der Waals surface area contributed by atoms with Gasteiger partial charge in [-0.05, 0) is 18.6 Å². The summed E-state index contributed by atoms with van der Waals surface area (Å²) in [5.74, 6) is 0.119. The molecule has 0 radical (unpaired) electrons. The van der Waals surface area contributed by atoms with E-state index in [1.165, 1.54) is 0 Å². The minimum Gasteiger partial charge on any atom is -0.384 e. The molecule has 2 nitrogen and oxygen atoms in total. The van der Waals surface area contributed by atoms with Crippen molar-refractivity contribution in [3.05, 3.63) is 41.3 Å². The molecule has 0 atom stereocenters. The predicted molar refractivity (Wildman–Crippen MR) is 73.9 cm³/mol. The molecule has 3 heteroatoms. The summed E-state index contributed by atoms with van der Waals surface area (Å²) in [7, 11) is 0. The fourth-order valence-electron chi connectivity index (χ4n) is 1.72. The van der Waals surface area contributed by atoms with Crippen LogP contribution in [0.5, 0.6) is 0 Å². The van der Waals surface area contributed by atoms with Crippen molar-refractivity contribution >= 4 is 22.8 Å². The minimum atomic E-state index is 0.119. The Morgan fingerprint density at radius 3 is 2.59 bits per heavy atom. The molecule has 1 heterocycles. The molecule has 17 heavy (non-hydrogen) atoms. The first-order chi connectivity index (χ1) is 8.22. The van der Waals surface area contributed by atoms with E-state index in [-0.39, 0.29) is 5.78 Å². The highest BCUT2D eigenvalue weighted by atomic mass is 32.1. The van der Waals surface area contributed by atoms with Crippen molar-refractivity contribution in [3.8, 4) is 10.4 Å². The summed E-state index contributed by atoms with van der Waals surface area (Å²) in [4.78, 5) is 13.5. The van der Waals surface area contributed by atoms with Crippen LogP contribution in [0.2, 0.25) is 0 Å². The lowest BCUT2D eigenvalue weighted by Gasteiger charge is -2.00. The average Bonchev–Trinajstić information content (AvgIpc) is 2.75. The summed E-state index contributed by atoms with van der Waals surface area (Å²) in [6, 6.07) is 12.2. The molecular weight excluding hydrogens is 230 g/mol. The minimum absolute atomic E-state index is 0.119. The van der Waals surface area contributed by atoms with Gasteiger partial charge in [0.1, 0.15) is 0 Å². The van der Waals surface area contributed by atoms with Crippen molar-refractivity contribution in [3.63, 3.8) is 0 Å². The second kappa shape index (κ2) is 5.15. The molecule has 1 aromatic carbocycles. The molecule has 0 saturated carbocycles. The molecule has 0 spiro atoms. The van der Waals surface area contributed by atoms with Crippen LogP contribution in [0.15, 0.2) is 36.4 Å². The number of nitrogens with one attached hydrogen (secondary N) is 1. The molecule has 0 bridgehead atoms. The topological polar surface area (TPSA) is 29.1 Å². The first-order valence-electron chi connectivity index (χ1n) is 5.66. The Kier molecular flexibility index (Phi) is 3.59. The number of rotatable bonds is 4. The second-order valence-corrected chi connectivity index (χ2v) is 4.86. The lowest BCUT2D eigenvalue weighted by atomic mass is 10.2. The van der Waals surface area contributed by atoms with E-state index in [1.54, 1.807) is 18.3 Å². The van der Waals surface area contributed by atoms with Crippen LogP contribution in [-0.2, 0) is 0 Å². The van der Waals surface area contributed by atoms with Gasteiger partial charge in [0, 0.05) is 18.3 Å². The molecule has 0 saturated heterocycles. The third-order valence-electron chi connectivity index (χ3n) is 2.48. The number of carbonyl (C=O) groups excluding carboxylic acids is 1. The number of benzene rings is 1. The Labute approximate surface area is 105 Å². The van der Waals surface area contributed by atoms with Crippen LogP contribution in [0.25, 0.3) is 10.4 Å². The van der Waals surface area contributed by atoms with Crippen molar-refractivity contribution in [2.45, 2.75) is 13.8 Å². The van der Waals surface area contributed by atoms with Crippen LogP contribution in [0.3, 0.4) is 0 Å². The summed E-state index contributed by atoms with van der Waals surface area (Å²) in [6.45, 7) is 4.47. The van der Waals surface area contributed by atoms with Gasteiger partial charge in [0.15, 0.2) is 5.78 Å². The third kappa shape index (κ3) is 2.56. The summed E-state index contributed by atoms with van der Waals surface area (Å²) < 4.78 is 0.